The van der Waals surface area contributed by atoms with Crippen molar-refractivity contribution < 1.29 is 24.5 Å². The second kappa shape index (κ2) is 7.05. The number of carbonyl (C=O) groups excluding carboxylic acids is 1. The van der Waals surface area contributed by atoms with Crippen LogP contribution in [0.4, 0.5) is 0 Å². The Bertz CT molecular complexity index is 834. The number of aliphatic hydroxyl groups excluding tert-OH is 2. The summed E-state index contributed by atoms with van der Waals surface area (Å²) < 4.78 is 11.8. The maximum absolute atomic E-state index is 12.3. The molecule has 0 unspecified atom stereocenters. The fourth-order valence-corrected chi connectivity index (χ4v) is 9.96. The Morgan fingerprint density at radius 1 is 1.03 bits per heavy atom. The predicted molar refractivity (Wildman–Crippen MR) is 121 cm³/mol. The zero-order valence-corrected chi connectivity index (χ0v) is 20.7. The summed E-state index contributed by atoms with van der Waals surface area (Å²) in [5.41, 5.74) is 0.923. The third-order valence-electron chi connectivity index (χ3n) is 11.5. The van der Waals surface area contributed by atoms with Gasteiger partial charge in [-0.15, -0.1) is 0 Å². The van der Waals surface area contributed by atoms with Crippen molar-refractivity contribution in [2.24, 2.45) is 45.3 Å². The smallest absolute Gasteiger partial charge is 0.302 e. The summed E-state index contributed by atoms with van der Waals surface area (Å²) in [6.07, 6.45) is 6.88. The largest absolute Gasteiger partial charge is 0.462 e. The molecule has 2 N–H and O–H groups in total. The highest BCUT2D eigenvalue weighted by Gasteiger charge is 2.70. The molecular formula is C27H42O5. The lowest BCUT2D eigenvalue weighted by atomic mass is 9.34. The minimum absolute atomic E-state index is 0.0966. The molecular weight excluding hydrogens is 404 g/mol. The molecule has 0 aromatic heterocycles. The van der Waals surface area contributed by atoms with Crippen LogP contribution < -0.4 is 0 Å². The number of allylic oxidation sites excluding steroid dienone is 1. The SMILES string of the molecule is CC(=O)O[C@@H]1C[C@@H]2[C@@]3(C)CC[C@H](O)C(C)(C)[C@@H]3CC[C@@]2(C)[C@@H]2CC=C3CO[C@@H](O)[C@@H]3[C@@]12C. The molecule has 0 spiro atoms. The predicted octanol–water partition coefficient (Wildman–Crippen LogP) is 4.46. The van der Waals surface area contributed by atoms with Gasteiger partial charge in [-0.3, -0.25) is 4.79 Å². The van der Waals surface area contributed by atoms with E-state index in [0.29, 0.717) is 24.4 Å². The van der Waals surface area contributed by atoms with Crippen molar-refractivity contribution in [3.63, 3.8) is 0 Å². The van der Waals surface area contributed by atoms with Gasteiger partial charge in [0.15, 0.2) is 6.29 Å². The van der Waals surface area contributed by atoms with Crippen LogP contribution in [0.3, 0.4) is 0 Å². The summed E-state index contributed by atoms with van der Waals surface area (Å²) in [5, 5.41) is 21.7. The molecule has 0 radical (unpaired) electrons. The van der Waals surface area contributed by atoms with Crippen LogP contribution in [0.5, 0.6) is 0 Å². The van der Waals surface area contributed by atoms with E-state index >= 15 is 0 Å². The molecule has 0 aromatic rings. The second-order valence-electron chi connectivity index (χ2n) is 13.0. The van der Waals surface area contributed by atoms with Gasteiger partial charge >= 0.3 is 5.97 Å². The van der Waals surface area contributed by atoms with Gasteiger partial charge in [-0.2, -0.15) is 0 Å². The van der Waals surface area contributed by atoms with Crippen LogP contribution in [-0.2, 0) is 14.3 Å². The molecule has 4 aliphatic carbocycles. The molecule has 5 aliphatic rings. The molecule has 0 bridgehead atoms. The normalized spacial score (nSPS) is 53.9. The first-order valence-corrected chi connectivity index (χ1v) is 12.7. The average molecular weight is 447 g/mol. The van der Waals surface area contributed by atoms with E-state index in [-0.39, 0.29) is 45.8 Å². The van der Waals surface area contributed by atoms with Crippen LogP contribution in [0.25, 0.3) is 0 Å². The maximum Gasteiger partial charge on any atom is 0.302 e. The van der Waals surface area contributed by atoms with Gasteiger partial charge in [-0.25, -0.2) is 0 Å². The minimum Gasteiger partial charge on any atom is -0.462 e. The molecule has 0 amide bonds. The van der Waals surface area contributed by atoms with E-state index in [1.54, 1.807) is 0 Å². The summed E-state index contributed by atoms with van der Waals surface area (Å²) in [4.78, 5) is 12.3. The molecule has 32 heavy (non-hydrogen) atoms. The number of rotatable bonds is 1. The van der Waals surface area contributed by atoms with E-state index < -0.39 is 6.29 Å². The lowest BCUT2D eigenvalue weighted by Crippen LogP contribution is -2.68. The Hall–Kier alpha value is -0.910. The third-order valence-corrected chi connectivity index (χ3v) is 11.5. The highest BCUT2D eigenvalue weighted by atomic mass is 16.6. The molecule has 1 aliphatic heterocycles. The van der Waals surface area contributed by atoms with E-state index in [9.17, 15) is 15.0 Å². The van der Waals surface area contributed by atoms with Crippen molar-refractivity contribution in [2.45, 2.75) is 98.6 Å². The van der Waals surface area contributed by atoms with Gasteiger partial charge in [-0.1, -0.05) is 40.7 Å². The Morgan fingerprint density at radius 3 is 2.38 bits per heavy atom. The van der Waals surface area contributed by atoms with E-state index in [0.717, 1.165) is 38.5 Å². The zero-order chi connectivity index (χ0) is 23.3. The number of hydrogen-bond donors (Lipinski definition) is 2. The van der Waals surface area contributed by atoms with Crippen LogP contribution in [0.15, 0.2) is 11.6 Å². The average Bonchev–Trinajstić information content (AvgIpc) is 3.08. The zero-order valence-electron chi connectivity index (χ0n) is 20.7. The van der Waals surface area contributed by atoms with Crippen LogP contribution in [-0.4, -0.2) is 41.3 Å². The third kappa shape index (κ3) is 2.77. The lowest BCUT2D eigenvalue weighted by Gasteiger charge is -2.71. The Labute approximate surface area is 192 Å². The fourth-order valence-electron chi connectivity index (χ4n) is 9.96. The summed E-state index contributed by atoms with van der Waals surface area (Å²) in [7, 11) is 0. The summed E-state index contributed by atoms with van der Waals surface area (Å²) in [6.45, 7) is 13.7. The molecule has 4 fully saturated rings. The minimum atomic E-state index is -0.831. The second-order valence-corrected chi connectivity index (χ2v) is 13.0. The molecule has 180 valence electrons. The number of carbonyl (C=O) groups is 1. The Balaban J connectivity index is 1.62. The summed E-state index contributed by atoms with van der Waals surface area (Å²) in [6, 6.07) is 0. The first kappa shape index (κ1) is 22.9. The molecule has 5 nitrogen and oxygen atoms in total. The molecule has 5 rings (SSSR count). The van der Waals surface area contributed by atoms with Crippen molar-refractivity contribution in [3.8, 4) is 0 Å². The Morgan fingerprint density at radius 2 is 1.69 bits per heavy atom. The van der Waals surface area contributed by atoms with Gasteiger partial charge in [0.2, 0.25) is 0 Å². The fraction of sp³-hybridized carbons (Fsp3) is 0.889. The van der Waals surface area contributed by atoms with Gasteiger partial charge in [-0.05, 0) is 78.1 Å². The number of esters is 1. The number of ether oxygens (including phenoxy) is 2. The van der Waals surface area contributed by atoms with Gasteiger partial charge in [0, 0.05) is 18.3 Å². The van der Waals surface area contributed by atoms with Crippen molar-refractivity contribution in [3.05, 3.63) is 11.6 Å². The quantitative estimate of drug-likeness (QED) is 0.459. The maximum atomic E-state index is 12.3. The van der Waals surface area contributed by atoms with E-state index in [4.69, 9.17) is 9.47 Å². The highest BCUT2D eigenvalue weighted by molar-refractivity contribution is 5.66. The molecule has 1 saturated heterocycles. The van der Waals surface area contributed by atoms with Crippen molar-refractivity contribution >= 4 is 5.97 Å². The molecule has 0 aromatic carbocycles. The molecule has 3 saturated carbocycles. The summed E-state index contributed by atoms with van der Waals surface area (Å²) >= 11 is 0. The Kier molecular flexibility index (Phi) is 5.04. The number of aliphatic hydroxyl groups is 2. The van der Waals surface area contributed by atoms with Crippen LogP contribution in [0, 0.1) is 45.3 Å². The van der Waals surface area contributed by atoms with Gasteiger partial charge in [0.05, 0.1) is 12.7 Å². The van der Waals surface area contributed by atoms with Gasteiger partial charge in [0.1, 0.15) is 6.10 Å². The number of fused-ring (bicyclic) bond motifs is 7. The lowest BCUT2D eigenvalue weighted by molar-refractivity contribution is -0.260. The van der Waals surface area contributed by atoms with Gasteiger partial charge in [0.25, 0.3) is 0 Å². The first-order valence-electron chi connectivity index (χ1n) is 12.7. The van der Waals surface area contributed by atoms with Gasteiger partial charge < -0.3 is 19.7 Å². The molecule has 1 heterocycles. The standard InChI is InChI=1S/C27H42O5/c1-15(28)32-21-13-19-25(4)12-10-20(29)24(2,3)17(25)9-11-26(19,5)18-8-7-16-14-31-23(30)22(16)27(18,21)6/h7,17-23,29-30H,8-14H2,1-6H3/t17-,18-,19+,20-,21+,22+,23+,25-,26-,27+/m0/s1. The van der Waals surface area contributed by atoms with E-state index in [1.807, 2.05) is 0 Å². The monoisotopic (exact) mass is 446 g/mol. The van der Waals surface area contributed by atoms with Crippen molar-refractivity contribution in [1.29, 1.82) is 0 Å². The van der Waals surface area contributed by atoms with Crippen LogP contribution in [0.1, 0.15) is 80.1 Å². The summed E-state index contributed by atoms with van der Waals surface area (Å²) in [5.74, 6) is 0.834. The van der Waals surface area contributed by atoms with Crippen LogP contribution in [0.2, 0.25) is 0 Å². The molecule has 10 atom stereocenters. The van der Waals surface area contributed by atoms with Crippen LogP contribution >= 0.6 is 0 Å². The van der Waals surface area contributed by atoms with E-state index in [1.165, 1.54) is 12.5 Å². The first-order chi connectivity index (χ1) is 14.9. The highest BCUT2D eigenvalue weighted by Crippen LogP contribution is 2.73. The molecule has 5 heteroatoms. The van der Waals surface area contributed by atoms with E-state index in [2.05, 4.69) is 40.7 Å². The van der Waals surface area contributed by atoms with Crippen molar-refractivity contribution in [2.75, 3.05) is 6.61 Å². The topological polar surface area (TPSA) is 76.0 Å². The number of hydrogen-bond acceptors (Lipinski definition) is 5. The van der Waals surface area contributed by atoms with Crippen molar-refractivity contribution in [1.82, 2.24) is 0 Å².